The Hall–Kier alpha value is -3.09. The lowest BCUT2D eigenvalue weighted by molar-refractivity contribution is -0.189. The van der Waals surface area contributed by atoms with Gasteiger partial charge in [0, 0.05) is 23.5 Å². The first kappa shape index (κ1) is 26.0. The number of hydrogen-bond acceptors (Lipinski definition) is 3. The van der Waals surface area contributed by atoms with Crippen LogP contribution in [0.1, 0.15) is 44.6 Å². The van der Waals surface area contributed by atoms with Crippen molar-refractivity contribution >= 4 is 0 Å². The molecule has 4 rings (SSSR count). The van der Waals surface area contributed by atoms with Gasteiger partial charge in [-0.25, -0.2) is 8.78 Å². The first-order valence-electron chi connectivity index (χ1n) is 12.4. The highest BCUT2D eigenvalue weighted by Gasteiger charge is 2.24. The third-order valence-corrected chi connectivity index (χ3v) is 6.25. The maximum Gasteiger partial charge on any atom is 0.201 e. The van der Waals surface area contributed by atoms with Crippen molar-refractivity contribution in [2.45, 2.75) is 45.3 Å². The molecule has 36 heavy (non-hydrogen) atoms. The minimum atomic E-state index is -1.01. The summed E-state index contributed by atoms with van der Waals surface area (Å²) in [5.74, 6) is -2.46. The second-order valence-electron chi connectivity index (χ2n) is 8.84. The third kappa shape index (κ3) is 6.00. The summed E-state index contributed by atoms with van der Waals surface area (Å²) in [4.78, 5) is 0. The highest BCUT2D eigenvalue weighted by atomic mass is 19.2. The standard InChI is InChI=1S/C30H31F3O3/c1-3-5-6-7-28-35-18-23(19-36-28)22-12-13-24(26(31)17-22)20-8-10-21(11-9-20)25-14-15-27(34-16-4-2)30(33)29(25)32/h3,5,8-15,17,23,28H,4,6-7,16,18-19H2,1-2H3. The molecule has 0 atom stereocenters. The van der Waals surface area contributed by atoms with E-state index in [-0.39, 0.29) is 29.3 Å². The summed E-state index contributed by atoms with van der Waals surface area (Å²) >= 11 is 0. The normalized spacial score (nSPS) is 18.0. The Morgan fingerprint density at radius 1 is 0.889 bits per heavy atom. The first-order chi connectivity index (χ1) is 17.5. The van der Waals surface area contributed by atoms with E-state index in [1.54, 1.807) is 30.3 Å². The molecule has 0 N–H and O–H groups in total. The van der Waals surface area contributed by atoms with Crippen LogP contribution in [0.15, 0.2) is 66.7 Å². The van der Waals surface area contributed by atoms with Gasteiger partial charge in [0.15, 0.2) is 17.9 Å². The molecular formula is C30H31F3O3. The number of hydrogen-bond donors (Lipinski definition) is 0. The number of halogens is 3. The maximum atomic E-state index is 15.0. The van der Waals surface area contributed by atoms with Crippen molar-refractivity contribution < 1.29 is 27.4 Å². The zero-order valence-corrected chi connectivity index (χ0v) is 20.6. The number of allylic oxidation sites excluding steroid dienone is 2. The molecule has 1 aliphatic rings. The fraction of sp³-hybridized carbons (Fsp3) is 0.333. The van der Waals surface area contributed by atoms with Crippen LogP contribution in [0.3, 0.4) is 0 Å². The van der Waals surface area contributed by atoms with Crippen molar-refractivity contribution in [1.82, 2.24) is 0 Å². The van der Waals surface area contributed by atoms with Gasteiger partial charge in [0.2, 0.25) is 5.82 Å². The van der Waals surface area contributed by atoms with Crippen molar-refractivity contribution in [1.29, 1.82) is 0 Å². The summed E-state index contributed by atoms with van der Waals surface area (Å²) < 4.78 is 60.9. The van der Waals surface area contributed by atoms with E-state index < -0.39 is 11.6 Å². The van der Waals surface area contributed by atoms with E-state index in [0.29, 0.717) is 42.9 Å². The minimum Gasteiger partial charge on any atom is -0.490 e. The zero-order valence-electron chi connectivity index (χ0n) is 20.6. The zero-order chi connectivity index (χ0) is 25.5. The van der Waals surface area contributed by atoms with Crippen LogP contribution < -0.4 is 4.74 Å². The molecule has 3 nitrogen and oxygen atoms in total. The molecule has 3 aromatic carbocycles. The molecular weight excluding hydrogens is 465 g/mol. The van der Waals surface area contributed by atoms with E-state index in [9.17, 15) is 8.78 Å². The molecule has 0 aliphatic carbocycles. The average molecular weight is 497 g/mol. The van der Waals surface area contributed by atoms with Crippen molar-refractivity contribution in [2.75, 3.05) is 19.8 Å². The fourth-order valence-corrected chi connectivity index (χ4v) is 4.23. The molecule has 0 aromatic heterocycles. The van der Waals surface area contributed by atoms with Crippen LogP contribution in [0.5, 0.6) is 5.75 Å². The van der Waals surface area contributed by atoms with E-state index in [2.05, 4.69) is 6.08 Å². The topological polar surface area (TPSA) is 27.7 Å². The van der Waals surface area contributed by atoms with Gasteiger partial charge in [-0.1, -0.05) is 55.5 Å². The Morgan fingerprint density at radius 3 is 2.19 bits per heavy atom. The third-order valence-electron chi connectivity index (χ3n) is 6.25. The molecule has 0 saturated carbocycles. The summed E-state index contributed by atoms with van der Waals surface area (Å²) in [5.41, 5.74) is 2.52. The Labute approximate surface area is 210 Å². The lowest BCUT2D eigenvalue weighted by Crippen LogP contribution is -2.30. The van der Waals surface area contributed by atoms with Crippen LogP contribution in [0.25, 0.3) is 22.3 Å². The maximum absolute atomic E-state index is 15.0. The molecule has 6 heteroatoms. The predicted octanol–water partition coefficient (Wildman–Crippen LogP) is 8.04. The fourth-order valence-electron chi connectivity index (χ4n) is 4.23. The molecule has 0 spiro atoms. The van der Waals surface area contributed by atoms with Gasteiger partial charge in [-0.2, -0.15) is 4.39 Å². The first-order valence-corrected chi connectivity index (χ1v) is 12.4. The highest BCUT2D eigenvalue weighted by molar-refractivity contribution is 5.71. The molecule has 1 fully saturated rings. The van der Waals surface area contributed by atoms with E-state index in [1.165, 1.54) is 18.2 Å². The molecule has 0 unspecified atom stereocenters. The second kappa shape index (κ2) is 12.2. The summed E-state index contributed by atoms with van der Waals surface area (Å²) in [5, 5.41) is 0. The van der Waals surface area contributed by atoms with Gasteiger partial charge in [-0.05, 0) is 54.7 Å². The summed E-state index contributed by atoms with van der Waals surface area (Å²) in [6, 6.07) is 14.8. The van der Waals surface area contributed by atoms with E-state index >= 15 is 4.39 Å². The van der Waals surface area contributed by atoms with Crippen molar-refractivity contribution in [2.24, 2.45) is 0 Å². The van der Waals surface area contributed by atoms with Gasteiger partial charge in [0.1, 0.15) is 5.82 Å². The van der Waals surface area contributed by atoms with Gasteiger partial charge < -0.3 is 14.2 Å². The summed E-state index contributed by atoms with van der Waals surface area (Å²) in [6.07, 6.45) is 6.25. The number of rotatable bonds is 9. The monoisotopic (exact) mass is 496 g/mol. The Kier molecular flexibility index (Phi) is 8.83. The van der Waals surface area contributed by atoms with Gasteiger partial charge >= 0.3 is 0 Å². The lowest BCUT2D eigenvalue weighted by Gasteiger charge is -2.29. The molecule has 0 bridgehead atoms. The Balaban J connectivity index is 1.45. The van der Waals surface area contributed by atoms with Crippen molar-refractivity contribution in [3.63, 3.8) is 0 Å². The van der Waals surface area contributed by atoms with Crippen molar-refractivity contribution in [3.05, 3.63) is 89.8 Å². The van der Waals surface area contributed by atoms with Crippen LogP contribution in [0.4, 0.5) is 13.2 Å². The molecule has 1 heterocycles. The molecule has 190 valence electrons. The van der Waals surface area contributed by atoms with Crippen LogP contribution in [0, 0.1) is 17.5 Å². The SMILES string of the molecule is CC=CCCC1OCC(c2ccc(-c3ccc(-c4ccc(OCCC)c(F)c4F)cc3)c(F)c2)CO1. The van der Waals surface area contributed by atoms with E-state index in [4.69, 9.17) is 14.2 Å². The largest absolute Gasteiger partial charge is 0.490 e. The van der Waals surface area contributed by atoms with Crippen LogP contribution >= 0.6 is 0 Å². The summed E-state index contributed by atoms with van der Waals surface area (Å²) in [6.45, 7) is 5.15. The molecule has 1 saturated heterocycles. The molecule has 1 aliphatic heterocycles. The van der Waals surface area contributed by atoms with E-state index in [1.807, 2.05) is 26.0 Å². The second-order valence-corrected chi connectivity index (χ2v) is 8.84. The predicted molar refractivity (Wildman–Crippen MR) is 135 cm³/mol. The molecule has 0 radical (unpaired) electrons. The van der Waals surface area contributed by atoms with E-state index in [0.717, 1.165) is 18.4 Å². The molecule has 3 aromatic rings. The highest BCUT2D eigenvalue weighted by Crippen LogP contribution is 2.33. The Bertz CT molecular complexity index is 1180. The van der Waals surface area contributed by atoms with Gasteiger partial charge in [0.25, 0.3) is 0 Å². The minimum absolute atomic E-state index is 0.0314. The number of ether oxygens (including phenoxy) is 3. The van der Waals surface area contributed by atoms with Gasteiger partial charge in [-0.15, -0.1) is 0 Å². The van der Waals surface area contributed by atoms with Crippen LogP contribution in [-0.2, 0) is 9.47 Å². The Morgan fingerprint density at radius 2 is 1.56 bits per heavy atom. The van der Waals surface area contributed by atoms with Crippen LogP contribution in [-0.4, -0.2) is 26.1 Å². The number of benzene rings is 3. The lowest BCUT2D eigenvalue weighted by atomic mass is 9.95. The summed E-state index contributed by atoms with van der Waals surface area (Å²) in [7, 11) is 0. The molecule has 0 amide bonds. The smallest absolute Gasteiger partial charge is 0.201 e. The van der Waals surface area contributed by atoms with Crippen molar-refractivity contribution in [3.8, 4) is 28.0 Å². The van der Waals surface area contributed by atoms with Crippen LogP contribution in [0.2, 0.25) is 0 Å². The average Bonchev–Trinajstić information content (AvgIpc) is 2.90. The quantitative estimate of drug-likeness (QED) is 0.281. The van der Waals surface area contributed by atoms with Gasteiger partial charge in [-0.3, -0.25) is 0 Å². The van der Waals surface area contributed by atoms with Gasteiger partial charge in [0.05, 0.1) is 19.8 Å².